The highest BCUT2D eigenvalue weighted by Gasteiger charge is 2.52. The maximum atomic E-state index is 13.3. The van der Waals surface area contributed by atoms with Gasteiger partial charge in [0.1, 0.15) is 0 Å². The van der Waals surface area contributed by atoms with E-state index in [-0.39, 0.29) is 18.0 Å². The zero-order valence-corrected chi connectivity index (χ0v) is 18.1. The summed E-state index contributed by atoms with van der Waals surface area (Å²) in [7, 11) is 1.78. The molecule has 1 saturated carbocycles. The normalized spacial score (nSPS) is 29.6. The SMILES string of the molecule is CC(C)Oc1ccc(N2CC[C@]3(CC[C@@](O)(CN4CCN(C)C4=O)CC3)C2=O)cn1. The first-order valence-electron chi connectivity index (χ1n) is 10.9. The number of aliphatic hydroxyl groups is 1. The zero-order valence-electron chi connectivity index (χ0n) is 18.1. The molecule has 1 N–H and O–H groups in total. The molecule has 4 rings (SSSR count). The molecule has 0 atom stereocenters. The molecule has 2 saturated heterocycles. The van der Waals surface area contributed by atoms with Crippen LogP contribution in [0.1, 0.15) is 46.0 Å². The minimum Gasteiger partial charge on any atom is -0.475 e. The molecule has 1 spiro atoms. The van der Waals surface area contributed by atoms with Crippen molar-refractivity contribution in [2.45, 2.75) is 57.7 Å². The number of β-amino-alcohol motifs (C(OH)–C–C–N with tert-alkyl or cyclic N) is 1. The van der Waals surface area contributed by atoms with Crippen molar-refractivity contribution in [2.75, 3.05) is 38.1 Å². The summed E-state index contributed by atoms with van der Waals surface area (Å²) in [6.07, 6.45) is 4.93. The average molecular weight is 417 g/mol. The second-order valence-corrected chi connectivity index (χ2v) is 9.36. The fourth-order valence-corrected chi connectivity index (χ4v) is 4.93. The number of ether oxygens (including phenoxy) is 1. The van der Waals surface area contributed by atoms with Crippen LogP contribution in [-0.2, 0) is 4.79 Å². The Balaban J connectivity index is 1.38. The Bertz CT molecular complexity index is 802. The lowest BCUT2D eigenvalue weighted by Crippen LogP contribution is -2.50. The van der Waals surface area contributed by atoms with Crippen molar-refractivity contribution < 1.29 is 19.4 Å². The molecule has 1 aliphatic carbocycles. The molecule has 1 aromatic rings. The summed E-state index contributed by atoms with van der Waals surface area (Å²) >= 11 is 0. The first kappa shape index (κ1) is 20.9. The number of carbonyl (C=O) groups is 2. The van der Waals surface area contributed by atoms with E-state index in [1.54, 1.807) is 29.1 Å². The predicted octanol–water partition coefficient (Wildman–Crippen LogP) is 2.26. The third-order valence-corrected chi connectivity index (χ3v) is 6.83. The van der Waals surface area contributed by atoms with Crippen molar-refractivity contribution >= 4 is 17.6 Å². The minimum absolute atomic E-state index is 0.0239. The number of anilines is 1. The van der Waals surface area contributed by atoms with E-state index < -0.39 is 11.0 Å². The van der Waals surface area contributed by atoms with Gasteiger partial charge in [-0.2, -0.15) is 0 Å². The van der Waals surface area contributed by atoms with Crippen LogP contribution in [0.3, 0.4) is 0 Å². The van der Waals surface area contributed by atoms with E-state index in [1.807, 2.05) is 24.8 Å². The molecule has 0 unspecified atom stereocenters. The zero-order chi connectivity index (χ0) is 21.5. The number of hydrogen-bond donors (Lipinski definition) is 1. The van der Waals surface area contributed by atoms with Crippen molar-refractivity contribution in [3.63, 3.8) is 0 Å². The van der Waals surface area contributed by atoms with Crippen LogP contribution in [0.25, 0.3) is 0 Å². The molecule has 1 aromatic heterocycles. The first-order chi connectivity index (χ1) is 14.2. The van der Waals surface area contributed by atoms with Crippen molar-refractivity contribution in [2.24, 2.45) is 5.41 Å². The number of amides is 3. The standard InChI is InChI=1S/C22H32N4O4/c1-16(2)30-18-5-4-17(14-23-18)26-11-10-21(19(26)27)6-8-22(29,9-7-21)15-25-13-12-24(3)20(25)28/h4-5,14,16,29H,6-13,15H2,1-3H3/t21-,22+. The van der Waals surface area contributed by atoms with Crippen molar-refractivity contribution in [3.05, 3.63) is 18.3 Å². The summed E-state index contributed by atoms with van der Waals surface area (Å²) in [5.41, 5.74) is -0.526. The van der Waals surface area contributed by atoms with Crippen LogP contribution in [-0.4, -0.2) is 76.8 Å². The maximum Gasteiger partial charge on any atom is 0.319 e. The molecule has 3 aliphatic rings. The monoisotopic (exact) mass is 416 g/mol. The second kappa shape index (κ2) is 7.72. The average Bonchev–Trinajstić information content (AvgIpc) is 3.19. The quantitative estimate of drug-likeness (QED) is 0.796. The van der Waals surface area contributed by atoms with Gasteiger partial charge in [-0.1, -0.05) is 0 Å². The smallest absolute Gasteiger partial charge is 0.319 e. The Morgan fingerprint density at radius 2 is 1.83 bits per heavy atom. The number of hydrogen-bond acceptors (Lipinski definition) is 5. The van der Waals surface area contributed by atoms with E-state index in [4.69, 9.17) is 4.74 Å². The Labute approximate surface area is 177 Å². The molecular formula is C22H32N4O4. The van der Waals surface area contributed by atoms with Crippen molar-refractivity contribution in [1.82, 2.24) is 14.8 Å². The van der Waals surface area contributed by atoms with Gasteiger partial charge in [-0.3, -0.25) is 4.79 Å². The largest absolute Gasteiger partial charge is 0.475 e. The lowest BCUT2D eigenvalue weighted by atomic mass is 9.67. The van der Waals surface area contributed by atoms with Crippen LogP contribution in [0, 0.1) is 5.41 Å². The highest BCUT2D eigenvalue weighted by Crippen LogP contribution is 2.48. The topological polar surface area (TPSA) is 86.2 Å². The summed E-state index contributed by atoms with van der Waals surface area (Å²) in [6.45, 7) is 6.27. The van der Waals surface area contributed by atoms with Crippen LogP contribution < -0.4 is 9.64 Å². The van der Waals surface area contributed by atoms with Gasteiger partial charge in [0.15, 0.2) is 0 Å². The number of pyridine rings is 1. The molecule has 0 bridgehead atoms. The van der Waals surface area contributed by atoms with Crippen LogP contribution in [0.2, 0.25) is 0 Å². The molecule has 8 heteroatoms. The summed E-state index contributed by atoms with van der Waals surface area (Å²) in [4.78, 5) is 35.0. The third kappa shape index (κ3) is 3.85. The number of carbonyl (C=O) groups excluding carboxylic acids is 2. The summed E-state index contributed by atoms with van der Waals surface area (Å²) < 4.78 is 5.59. The summed E-state index contributed by atoms with van der Waals surface area (Å²) in [5, 5.41) is 11.1. The number of aromatic nitrogens is 1. The van der Waals surface area contributed by atoms with E-state index in [0.717, 1.165) is 12.1 Å². The number of likely N-dealkylation sites (N-methyl/N-ethyl adjacent to an activating group) is 1. The predicted molar refractivity (Wildman–Crippen MR) is 112 cm³/mol. The second-order valence-electron chi connectivity index (χ2n) is 9.36. The van der Waals surface area contributed by atoms with Crippen LogP contribution in [0.15, 0.2) is 18.3 Å². The first-order valence-corrected chi connectivity index (χ1v) is 10.9. The lowest BCUT2D eigenvalue weighted by molar-refractivity contribution is -0.131. The van der Waals surface area contributed by atoms with Gasteiger partial charge in [-0.05, 0) is 52.0 Å². The van der Waals surface area contributed by atoms with Crippen LogP contribution >= 0.6 is 0 Å². The van der Waals surface area contributed by atoms with Gasteiger partial charge in [0.25, 0.3) is 0 Å². The van der Waals surface area contributed by atoms with E-state index in [2.05, 4.69) is 4.98 Å². The van der Waals surface area contributed by atoms with E-state index in [9.17, 15) is 14.7 Å². The fourth-order valence-electron chi connectivity index (χ4n) is 4.93. The molecule has 30 heavy (non-hydrogen) atoms. The Hall–Kier alpha value is -2.35. The molecule has 2 aliphatic heterocycles. The van der Waals surface area contributed by atoms with E-state index in [1.165, 1.54) is 0 Å². The molecule has 0 radical (unpaired) electrons. The number of rotatable bonds is 5. The van der Waals surface area contributed by atoms with Crippen molar-refractivity contribution in [3.8, 4) is 5.88 Å². The van der Waals surface area contributed by atoms with E-state index in [0.29, 0.717) is 57.7 Å². The Morgan fingerprint density at radius 3 is 2.40 bits per heavy atom. The van der Waals surface area contributed by atoms with Gasteiger partial charge in [0, 0.05) is 32.7 Å². The van der Waals surface area contributed by atoms with Crippen LogP contribution in [0.4, 0.5) is 10.5 Å². The third-order valence-electron chi connectivity index (χ3n) is 6.83. The maximum absolute atomic E-state index is 13.3. The van der Waals surface area contributed by atoms with Gasteiger partial charge in [0.05, 0.1) is 35.5 Å². The molecule has 3 amide bonds. The van der Waals surface area contributed by atoms with Gasteiger partial charge in [-0.25, -0.2) is 9.78 Å². The number of nitrogens with zero attached hydrogens (tertiary/aromatic N) is 4. The molecular weight excluding hydrogens is 384 g/mol. The molecule has 8 nitrogen and oxygen atoms in total. The highest BCUT2D eigenvalue weighted by molar-refractivity contribution is 5.99. The summed E-state index contributed by atoms with van der Waals surface area (Å²) in [6, 6.07) is 3.66. The molecule has 3 heterocycles. The van der Waals surface area contributed by atoms with Crippen molar-refractivity contribution in [1.29, 1.82) is 0 Å². The van der Waals surface area contributed by atoms with Gasteiger partial charge in [-0.15, -0.1) is 0 Å². The van der Waals surface area contributed by atoms with Gasteiger partial charge >= 0.3 is 6.03 Å². The number of urea groups is 1. The lowest BCUT2D eigenvalue weighted by Gasteiger charge is -2.42. The minimum atomic E-state index is -0.906. The Morgan fingerprint density at radius 1 is 1.10 bits per heavy atom. The van der Waals surface area contributed by atoms with Gasteiger partial charge in [0.2, 0.25) is 11.8 Å². The molecule has 3 fully saturated rings. The Kier molecular flexibility index (Phi) is 5.38. The molecule has 0 aromatic carbocycles. The highest BCUT2D eigenvalue weighted by atomic mass is 16.5. The van der Waals surface area contributed by atoms with Gasteiger partial charge < -0.3 is 24.5 Å². The molecule has 164 valence electrons. The summed E-state index contributed by atoms with van der Waals surface area (Å²) in [5.74, 6) is 0.681. The van der Waals surface area contributed by atoms with E-state index >= 15 is 0 Å². The van der Waals surface area contributed by atoms with Crippen LogP contribution in [0.5, 0.6) is 5.88 Å². The fraction of sp³-hybridized carbons (Fsp3) is 0.682.